The van der Waals surface area contributed by atoms with Gasteiger partial charge in [-0.25, -0.2) is 13.1 Å². The molecule has 6 nitrogen and oxygen atoms in total. The predicted octanol–water partition coefficient (Wildman–Crippen LogP) is 0.679. The van der Waals surface area contributed by atoms with Crippen LogP contribution in [0.5, 0.6) is 5.75 Å². The first-order chi connectivity index (χ1) is 9.88. The smallest absolute Gasteiger partial charge is 0.215 e. The molecular formula is C13H22N2O4S2. The van der Waals surface area contributed by atoms with Gasteiger partial charge in [-0.1, -0.05) is 6.07 Å². The van der Waals surface area contributed by atoms with Gasteiger partial charge in [0.2, 0.25) is 10.0 Å². The maximum absolute atomic E-state index is 11.9. The monoisotopic (exact) mass is 334 g/mol. The van der Waals surface area contributed by atoms with Gasteiger partial charge in [0, 0.05) is 23.0 Å². The molecule has 0 radical (unpaired) electrons. The Bertz CT molecular complexity index is 533. The van der Waals surface area contributed by atoms with Crippen molar-refractivity contribution in [1.82, 2.24) is 4.72 Å². The highest BCUT2D eigenvalue weighted by atomic mass is 32.2. The first-order valence-electron chi connectivity index (χ1n) is 6.50. The number of hydrogen-bond acceptors (Lipinski definition) is 6. The van der Waals surface area contributed by atoms with Gasteiger partial charge in [-0.3, -0.25) is 0 Å². The van der Waals surface area contributed by atoms with Crippen molar-refractivity contribution in [3.63, 3.8) is 0 Å². The molecule has 0 amide bonds. The third-order valence-electron chi connectivity index (χ3n) is 2.88. The summed E-state index contributed by atoms with van der Waals surface area (Å²) < 4.78 is 31.8. The fourth-order valence-electron chi connectivity index (χ4n) is 1.73. The molecule has 0 fully saturated rings. The van der Waals surface area contributed by atoms with Crippen LogP contribution in [0.3, 0.4) is 0 Å². The van der Waals surface area contributed by atoms with Gasteiger partial charge in [0.05, 0.1) is 12.4 Å². The Morgan fingerprint density at radius 1 is 1.48 bits per heavy atom. The number of sulfonamides is 1. The highest BCUT2D eigenvalue weighted by Crippen LogP contribution is 2.14. The van der Waals surface area contributed by atoms with E-state index in [4.69, 9.17) is 15.6 Å². The highest BCUT2D eigenvalue weighted by molar-refractivity contribution is 7.99. The number of anilines is 1. The van der Waals surface area contributed by atoms with Gasteiger partial charge in [-0.15, -0.1) is 0 Å². The van der Waals surface area contributed by atoms with Crippen LogP contribution in [0.25, 0.3) is 0 Å². The van der Waals surface area contributed by atoms with E-state index in [1.54, 1.807) is 31.2 Å². The molecular weight excluding hydrogens is 312 g/mol. The molecule has 0 saturated carbocycles. The largest absolute Gasteiger partial charge is 0.492 e. The van der Waals surface area contributed by atoms with Crippen LogP contribution in [0.15, 0.2) is 24.3 Å². The normalized spacial score (nSPS) is 14.6. The number of aliphatic hydroxyl groups is 1. The molecule has 0 spiro atoms. The molecule has 0 saturated heterocycles. The molecule has 0 aliphatic heterocycles. The number of thioether (sulfide) groups is 1. The van der Waals surface area contributed by atoms with Crippen molar-refractivity contribution in [2.24, 2.45) is 0 Å². The average Bonchev–Trinajstić information content (AvgIpc) is 2.39. The fourth-order valence-corrected chi connectivity index (χ4v) is 3.59. The Balaban J connectivity index is 2.46. The van der Waals surface area contributed by atoms with Crippen molar-refractivity contribution >= 4 is 27.5 Å². The molecule has 2 unspecified atom stereocenters. The maximum atomic E-state index is 11.9. The quantitative estimate of drug-likeness (QED) is 0.574. The summed E-state index contributed by atoms with van der Waals surface area (Å²) in [6.45, 7) is 1.69. The second-order valence-corrected chi connectivity index (χ2v) is 7.55. The van der Waals surface area contributed by atoms with E-state index in [0.29, 0.717) is 11.4 Å². The minimum atomic E-state index is -3.46. The van der Waals surface area contributed by atoms with E-state index < -0.39 is 10.0 Å². The molecule has 0 aliphatic carbocycles. The van der Waals surface area contributed by atoms with E-state index in [0.717, 1.165) is 0 Å². The van der Waals surface area contributed by atoms with E-state index in [1.165, 1.54) is 11.8 Å². The van der Waals surface area contributed by atoms with Crippen molar-refractivity contribution < 1.29 is 18.3 Å². The van der Waals surface area contributed by atoms with Crippen LogP contribution in [-0.2, 0) is 10.0 Å². The topological polar surface area (TPSA) is 102 Å². The number of nitrogens with one attached hydrogen (secondary N) is 1. The number of nitrogens with two attached hydrogens (primary N) is 1. The first kappa shape index (κ1) is 18.1. The maximum Gasteiger partial charge on any atom is 0.215 e. The Morgan fingerprint density at radius 2 is 2.19 bits per heavy atom. The minimum absolute atomic E-state index is 0.0363. The van der Waals surface area contributed by atoms with E-state index >= 15 is 0 Å². The standard InChI is InChI=1S/C13H22N2O4S2/c1-10(13(9-16)20-2)15-21(17,18)7-6-19-12-5-3-4-11(14)8-12/h3-5,8,10,13,15-16H,6-7,9,14H2,1-2H3. The fraction of sp³-hybridized carbons (Fsp3) is 0.538. The zero-order valence-corrected chi connectivity index (χ0v) is 13.8. The Hall–Kier alpha value is -0.960. The molecule has 120 valence electrons. The summed E-state index contributed by atoms with van der Waals surface area (Å²) in [7, 11) is -3.46. The van der Waals surface area contributed by atoms with Crippen molar-refractivity contribution in [2.75, 3.05) is 31.0 Å². The van der Waals surface area contributed by atoms with E-state index in [9.17, 15) is 8.42 Å². The Morgan fingerprint density at radius 3 is 2.76 bits per heavy atom. The summed E-state index contributed by atoms with van der Waals surface area (Å²) in [4.78, 5) is 0. The van der Waals surface area contributed by atoms with Crippen LogP contribution < -0.4 is 15.2 Å². The van der Waals surface area contributed by atoms with Gasteiger partial charge >= 0.3 is 0 Å². The van der Waals surface area contributed by atoms with Crippen LogP contribution in [0.1, 0.15) is 6.92 Å². The average molecular weight is 334 g/mol. The lowest BCUT2D eigenvalue weighted by Crippen LogP contribution is -2.42. The molecule has 2 atom stereocenters. The number of rotatable bonds is 9. The van der Waals surface area contributed by atoms with Gasteiger partial charge in [0.1, 0.15) is 12.4 Å². The lowest BCUT2D eigenvalue weighted by molar-refractivity contribution is 0.282. The van der Waals surface area contributed by atoms with Gasteiger partial charge < -0.3 is 15.6 Å². The molecule has 21 heavy (non-hydrogen) atoms. The van der Waals surface area contributed by atoms with Crippen LogP contribution in [0.4, 0.5) is 5.69 Å². The Labute approximate surface area is 130 Å². The van der Waals surface area contributed by atoms with Crippen LogP contribution >= 0.6 is 11.8 Å². The van der Waals surface area contributed by atoms with Gasteiger partial charge in [0.15, 0.2) is 0 Å². The first-order valence-corrected chi connectivity index (χ1v) is 9.44. The molecule has 1 rings (SSSR count). The van der Waals surface area contributed by atoms with Gasteiger partial charge in [0.25, 0.3) is 0 Å². The summed E-state index contributed by atoms with van der Waals surface area (Å²) >= 11 is 1.42. The molecule has 1 aromatic carbocycles. The number of benzene rings is 1. The number of aliphatic hydroxyl groups excluding tert-OH is 1. The second kappa shape index (κ2) is 8.47. The third-order valence-corrected chi connectivity index (χ3v) is 5.48. The summed E-state index contributed by atoms with van der Waals surface area (Å²) in [5.41, 5.74) is 6.17. The summed E-state index contributed by atoms with van der Waals surface area (Å²) in [5, 5.41) is 8.98. The molecule has 0 bridgehead atoms. The summed E-state index contributed by atoms with van der Waals surface area (Å²) in [5.74, 6) is 0.383. The molecule has 4 N–H and O–H groups in total. The minimum Gasteiger partial charge on any atom is -0.492 e. The molecule has 1 aromatic rings. The SMILES string of the molecule is CSC(CO)C(C)NS(=O)(=O)CCOc1cccc(N)c1. The van der Waals surface area contributed by atoms with E-state index in [-0.39, 0.29) is 30.3 Å². The number of hydrogen-bond donors (Lipinski definition) is 3. The zero-order chi connectivity index (χ0) is 15.9. The van der Waals surface area contributed by atoms with Crippen molar-refractivity contribution in [2.45, 2.75) is 18.2 Å². The van der Waals surface area contributed by atoms with Gasteiger partial charge in [-0.2, -0.15) is 11.8 Å². The third kappa shape index (κ3) is 6.56. The van der Waals surface area contributed by atoms with Crippen molar-refractivity contribution in [3.05, 3.63) is 24.3 Å². The molecule has 0 heterocycles. The Kier molecular flexibility index (Phi) is 7.30. The number of ether oxygens (including phenoxy) is 1. The summed E-state index contributed by atoms with van der Waals surface area (Å²) in [6, 6.07) is 6.48. The predicted molar refractivity (Wildman–Crippen MR) is 87.1 cm³/mol. The zero-order valence-electron chi connectivity index (χ0n) is 12.2. The highest BCUT2D eigenvalue weighted by Gasteiger charge is 2.21. The second-order valence-electron chi connectivity index (χ2n) is 4.60. The van der Waals surface area contributed by atoms with E-state index in [1.807, 2.05) is 6.26 Å². The van der Waals surface area contributed by atoms with Crippen molar-refractivity contribution in [3.8, 4) is 5.75 Å². The lowest BCUT2D eigenvalue weighted by atomic mass is 10.3. The molecule has 8 heteroatoms. The van der Waals surface area contributed by atoms with E-state index in [2.05, 4.69) is 4.72 Å². The van der Waals surface area contributed by atoms with Crippen LogP contribution in [0.2, 0.25) is 0 Å². The van der Waals surface area contributed by atoms with Crippen LogP contribution in [0, 0.1) is 0 Å². The number of nitrogen functional groups attached to an aromatic ring is 1. The van der Waals surface area contributed by atoms with Crippen molar-refractivity contribution in [1.29, 1.82) is 0 Å². The lowest BCUT2D eigenvalue weighted by Gasteiger charge is -2.21. The van der Waals surface area contributed by atoms with Crippen LogP contribution in [-0.4, -0.2) is 50.0 Å². The molecule has 0 aromatic heterocycles. The summed E-state index contributed by atoms with van der Waals surface area (Å²) in [6.07, 6.45) is 1.83. The molecule has 0 aliphatic rings. The van der Waals surface area contributed by atoms with Gasteiger partial charge in [-0.05, 0) is 25.3 Å².